The highest BCUT2D eigenvalue weighted by Gasteiger charge is 2.28. The molecule has 2 aromatic rings. The van der Waals surface area contributed by atoms with Gasteiger partial charge in [-0.1, -0.05) is 13.8 Å². The van der Waals surface area contributed by atoms with Crippen LogP contribution in [0.3, 0.4) is 0 Å². The van der Waals surface area contributed by atoms with Crippen LogP contribution in [0, 0.1) is 18.8 Å². The predicted octanol–water partition coefficient (Wildman–Crippen LogP) is 4.48. The number of aryl methyl sites for hydroxylation is 1. The number of aromatic nitrogens is 3. The standard InChI is InChI=1S/C16H22ClN3/c1-10-6-11(2)8-13(7-10)20-14(9-17)19-15-12(3)4-5-18-16(15)20/h4-5,10-11,13H,6-9H2,1-3H3. The minimum atomic E-state index is 0.453. The lowest BCUT2D eigenvalue weighted by atomic mass is 9.80. The van der Waals surface area contributed by atoms with Crippen molar-refractivity contribution in [2.75, 3.05) is 0 Å². The number of nitrogens with zero attached hydrogens (tertiary/aromatic N) is 3. The Bertz CT molecular complexity index is 609. The van der Waals surface area contributed by atoms with Crippen LogP contribution in [0.2, 0.25) is 0 Å². The Morgan fingerprint density at radius 2 is 1.95 bits per heavy atom. The molecular formula is C16H22ClN3. The van der Waals surface area contributed by atoms with Crippen LogP contribution in [0.1, 0.15) is 50.5 Å². The Hall–Kier alpha value is -1.09. The summed E-state index contributed by atoms with van der Waals surface area (Å²) >= 11 is 6.14. The van der Waals surface area contributed by atoms with Gasteiger partial charge in [-0.2, -0.15) is 0 Å². The van der Waals surface area contributed by atoms with Crippen molar-refractivity contribution in [2.45, 2.75) is 52.0 Å². The fourth-order valence-electron chi connectivity index (χ4n) is 3.75. The number of halogens is 1. The normalized spacial score (nSPS) is 27.1. The van der Waals surface area contributed by atoms with Crippen molar-refractivity contribution in [1.29, 1.82) is 0 Å². The van der Waals surface area contributed by atoms with Crippen molar-refractivity contribution in [1.82, 2.24) is 14.5 Å². The molecule has 0 N–H and O–H groups in total. The number of alkyl halides is 1. The van der Waals surface area contributed by atoms with E-state index in [0.29, 0.717) is 11.9 Å². The highest BCUT2D eigenvalue weighted by Crippen LogP contribution is 2.38. The van der Waals surface area contributed by atoms with Crippen molar-refractivity contribution in [3.05, 3.63) is 23.7 Å². The number of pyridine rings is 1. The Labute approximate surface area is 125 Å². The molecule has 0 radical (unpaired) electrons. The minimum absolute atomic E-state index is 0.453. The second-order valence-corrected chi connectivity index (χ2v) is 6.67. The Balaban J connectivity index is 2.12. The van der Waals surface area contributed by atoms with E-state index in [1.807, 2.05) is 12.3 Å². The molecule has 3 nitrogen and oxygen atoms in total. The Morgan fingerprint density at radius 1 is 1.25 bits per heavy atom. The van der Waals surface area contributed by atoms with Crippen LogP contribution >= 0.6 is 11.6 Å². The zero-order chi connectivity index (χ0) is 14.3. The molecule has 0 bridgehead atoms. The minimum Gasteiger partial charge on any atom is -0.309 e. The van der Waals surface area contributed by atoms with Gasteiger partial charge >= 0.3 is 0 Å². The maximum absolute atomic E-state index is 6.14. The lowest BCUT2D eigenvalue weighted by Crippen LogP contribution is -2.24. The summed E-state index contributed by atoms with van der Waals surface area (Å²) < 4.78 is 2.31. The van der Waals surface area contributed by atoms with Gasteiger partial charge in [0.1, 0.15) is 11.3 Å². The molecule has 1 aliphatic carbocycles. The van der Waals surface area contributed by atoms with Gasteiger partial charge in [0, 0.05) is 12.2 Å². The summed E-state index contributed by atoms with van der Waals surface area (Å²) in [6.07, 6.45) is 5.61. The lowest BCUT2D eigenvalue weighted by Gasteiger charge is -2.33. The molecular weight excluding hydrogens is 270 g/mol. The van der Waals surface area contributed by atoms with E-state index >= 15 is 0 Å². The van der Waals surface area contributed by atoms with Crippen LogP contribution in [0.4, 0.5) is 0 Å². The van der Waals surface area contributed by atoms with E-state index in [4.69, 9.17) is 16.6 Å². The quantitative estimate of drug-likeness (QED) is 0.764. The maximum Gasteiger partial charge on any atom is 0.160 e. The van der Waals surface area contributed by atoms with Gasteiger partial charge in [-0.15, -0.1) is 11.6 Å². The van der Waals surface area contributed by atoms with E-state index in [0.717, 1.165) is 28.8 Å². The van der Waals surface area contributed by atoms with Gasteiger partial charge in [-0.05, 0) is 49.7 Å². The molecule has 3 rings (SSSR count). The lowest BCUT2D eigenvalue weighted by molar-refractivity contribution is 0.222. The number of fused-ring (bicyclic) bond motifs is 1. The molecule has 0 spiro atoms. The van der Waals surface area contributed by atoms with E-state index < -0.39 is 0 Å². The van der Waals surface area contributed by atoms with E-state index in [1.54, 1.807) is 0 Å². The highest BCUT2D eigenvalue weighted by atomic mass is 35.5. The largest absolute Gasteiger partial charge is 0.309 e. The first kappa shape index (κ1) is 13.9. The fraction of sp³-hybridized carbons (Fsp3) is 0.625. The summed E-state index contributed by atoms with van der Waals surface area (Å²) in [5.41, 5.74) is 3.19. The van der Waals surface area contributed by atoms with Crippen LogP contribution in [0.15, 0.2) is 12.3 Å². The summed E-state index contributed by atoms with van der Waals surface area (Å²) in [7, 11) is 0. The Morgan fingerprint density at radius 3 is 2.60 bits per heavy atom. The molecule has 2 aromatic heterocycles. The molecule has 20 heavy (non-hydrogen) atoms. The summed E-state index contributed by atoms with van der Waals surface area (Å²) in [4.78, 5) is 9.30. The number of hydrogen-bond acceptors (Lipinski definition) is 2. The number of imidazole rings is 1. The molecule has 1 aliphatic rings. The van der Waals surface area contributed by atoms with Gasteiger partial charge in [0.05, 0.1) is 5.88 Å². The first-order valence-corrected chi connectivity index (χ1v) is 8.02. The molecule has 2 atom stereocenters. The molecule has 2 heterocycles. The summed E-state index contributed by atoms with van der Waals surface area (Å²) in [6, 6.07) is 2.51. The molecule has 4 heteroatoms. The van der Waals surface area contributed by atoms with Gasteiger partial charge in [0.25, 0.3) is 0 Å². The molecule has 1 fully saturated rings. The topological polar surface area (TPSA) is 30.7 Å². The summed E-state index contributed by atoms with van der Waals surface area (Å²) in [6.45, 7) is 6.78. The molecule has 0 saturated heterocycles. The van der Waals surface area contributed by atoms with E-state index in [-0.39, 0.29) is 0 Å². The smallest absolute Gasteiger partial charge is 0.160 e. The molecule has 108 valence electrons. The maximum atomic E-state index is 6.14. The van der Waals surface area contributed by atoms with E-state index in [1.165, 1.54) is 24.8 Å². The average Bonchev–Trinajstić information content (AvgIpc) is 2.77. The zero-order valence-electron chi connectivity index (χ0n) is 12.4. The van der Waals surface area contributed by atoms with E-state index in [9.17, 15) is 0 Å². The van der Waals surface area contributed by atoms with Crippen molar-refractivity contribution in [3.8, 4) is 0 Å². The van der Waals surface area contributed by atoms with Crippen LogP contribution in [-0.2, 0) is 5.88 Å². The molecule has 0 amide bonds. The highest BCUT2D eigenvalue weighted by molar-refractivity contribution is 6.16. The van der Waals surface area contributed by atoms with Crippen LogP contribution in [0.5, 0.6) is 0 Å². The summed E-state index contributed by atoms with van der Waals surface area (Å²) in [5, 5.41) is 0. The second kappa shape index (κ2) is 5.36. The molecule has 0 aromatic carbocycles. The summed E-state index contributed by atoms with van der Waals surface area (Å²) in [5.74, 6) is 2.94. The predicted molar refractivity (Wildman–Crippen MR) is 83.0 cm³/mol. The van der Waals surface area contributed by atoms with Gasteiger partial charge in [0.2, 0.25) is 0 Å². The van der Waals surface area contributed by atoms with Crippen molar-refractivity contribution < 1.29 is 0 Å². The van der Waals surface area contributed by atoms with Crippen LogP contribution in [-0.4, -0.2) is 14.5 Å². The first-order valence-electron chi connectivity index (χ1n) is 7.48. The van der Waals surface area contributed by atoms with Crippen molar-refractivity contribution >= 4 is 22.8 Å². The second-order valence-electron chi connectivity index (χ2n) is 6.40. The van der Waals surface area contributed by atoms with Crippen LogP contribution in [0.25, 0.3) is 11.2 Å². The molecule has 2 unspecified atom stereocenters. The number of rotatable bonds is 2. The Kier molecular flexibility index (Phi) is 3.72. The molecule has 0 aliphatic heterocycles. The zero-order valence-corrected chi connectivity index (χ0v) is 13.2. The van der Waals surface area contributed by atoms with Gasteiger partial charge in [-0.25, -0.2) is 9.97 Å². The van der Waals surface area contributed by atoms with Crippen LogP contribution < -0.4 is 0 Å². The third kappa shape index (κ3) is 2.32. The van der Waals surface area contributed by atoms with E-state index in [2.05, 4.69) is 30.3 Å². The average molecular weight is 292 g/mol. The fourth-order valence-corrected chi connectivity index (χ4v) is 3.94. The third-order valence-corrected chi connectivity index (χ3v) is 4.73. The first-order chi connectivity index (χ1) is 9.60. The molecule has 1 saturated carbocycles. The van der Waals surface area contributed by atoms with Crippen molar-refractivity contribution in [3.63, 3.8) is 0 Å². The number of hydrogen-bond donors (Lipinski definition) is 0. The van der Waals surface area contributed by atoms with Gasteiger partial charge in [0.15, 0.2) is 5.65 Å². The van der Waals surface area contributed by atoms with Gasteiger partial charge in [-0.3, -0.25) is 0 Å². The SMILES string of the molecule is Cc1ccnc2c1nc(CCl)n2C1CC(C)CC(C)C1. The van der Waals surface area contributed by atoms with Gasteiger partial charge < -0.3 is 4.57 Å². The third-order valence-electron chi connectivity index (χ3n) is 4.49. The monoisotopic (exact) mass is 291 g/mol. The van der Waals surface area contributed by atoms with Crippen molar-refractivity contribution in [2.24, 2.45) is 11.8 Å².